The molecule has 0 radical (unpaired) electrons. The van der Waals surface area contributed by atoms with Crippen molar-refractivity contribution in [2.45, 2.75) is 17.6 Å². The molecule has 1 saturated heterocycles. The number of nitrogens with two attached hydrogens (primary N) is 1. The predicted molar refractivity (Wildman–Crippen MR) is 98.5 cm³/mol. The quantitative estimate of drug-likeness (QED) is 0.818. The number of aryl methyl sites for hydroxylation is 1. The van der Waals surface area contributed by atoms with Crippen molar-refractivity contribution < 1.29 is 13.2 Å². The largest absolute Gasteiger partial charge is 0.379 e. The molecule has 24 heavy (non-hydrogen) atoms. The Balaban J connectivity index is 1.63. The summed E-state index contributed by atoms with van der Waals surface area (Å²) in [4.78, 5) is 8.31. The van der Waals surface area contributed by atoms with E-state index < -0.39 is 9.84 Å². The third-order valence-corrected chi connectivity index (χ3v) is 8.55. The minimum atomic E-state index is -3.24. The number of morpholine rings is 1. The zero-order chi connectivity index (χ0) is 17.2. The summed E-state index contributed by atoms with van der Waals surface area (Å²) in [7, 11) is -3.24. The molecular formula is C15H21N3O3S3. The van der Waals surface area contributed by atoms with Gasteiger partial charge < -0.3 is 10.5 Å². The maximum absolute atomic E-state index is 12.5. The van der Waals surface area contributed by atoms with Gasteiger partial charge in [0.05, 0.1) is 29.5 Å². The standard InChI is InChI=1S/C15H21N3O3S3/c1-11-14(23-15(16)17-11)12-3-4-13(22-12)24(19,20)10-2-5-18-6-8-21-9-7-18/h3-4H,2,5-10H2,1H3,(H2,16,17). The molecule has 0 amide bonds. The van der Waals surface area contributed by atoms with Gasteiger partial charge in [0.15, 0.2) is 15.0 Å². The van der Waals surface area contributed by atoms with Crippen molar-refractivity contribution in [3.63, 3.8) is 0 Å². The summed E-state index contributed by atoms with van der Waals surface area (Å²) in [6.07, 6.45) is 0.641. The number of aromatic nitrogens is 1. The molecule has 2 aromatic rings. The Morgan fingerprint density at radius 1 is 1.29 bits per heavy atom. The number of hydrogen-bond donors (Lipinski definition) is 1. The molecule has 2 N–H and O–H groups in total. The molecule has 0 spiro atoms. The molecule has 1 fully saturated rings. The first-order valence-corrected chi connectivity index (χ1v) is 11.1. The fraction of sp³-hybridized carbons (Fsp3) is 0.533. The second-order valence-corrected chi connectivity index (χ2v) is 10.2. The highest BCUT2D eigenvalue weighted by Crippen LogP contribution is 2.37. The number of hydrogen-bond acceptors (Lipinski definition) is 8. The Labute approximate surface area is 150 Å². The Bertz CT molecular complexity index is 792. The molecule has 0 saturated carbocycles. The van der Waals surface area contributed by atoms with Crippen LogP contribution in [0, 0.1) is 6.92 Å². The lowest BCUT2D eigenvalue weighted by Crippen LogP contribution is -2.37. The van der Waals surface area contributed by atoms with Gasteiger partial charge in [-0.15, -0.1) is 11.3 Å². The average molecular weight is 388 g/mol. The van der Waals surface area contributed by atoms with Gasteiger partial charge in [0.1, 0.15) is 4.21 Å². The van der Waals surface area contributed by atoms with E-state index in [0.717, 1.165) is 48.3 Å². The lowest BCUT2D eigenvalue weighted by Gasteiger charge is -2.26. The molecule has 9 heteroatoms. The van der Waals surface area contributed by atoms with Gasteiger partial charge in [-0.1, -0.05) is 11.3 Å². The topological polar surface area (TPSA) is 85.5 Å². The SMILES string of the molecule is Cc1nc(N)sc1-c1ccc(S(=O)(=O)CCCN2CCOCC2)s1. The van der Waals surface area contributed by atoms with Crippen LogP contribution < -0.4 is 5.73 Å². The van der Waals surface area contributed by atoms with Gasteiger partial charge in [-0.3, -0.25) is 4.90 Å². The highest BCUT2D eigenvalue weighted by Gasteiger charge is 2.20. The van der Waals surface area contributed by atoms with Crippen LogP contribution in [-0.2, 0) is 14.6 Å². The normalized spacial score (nSPS) is 16.5. The van der Waals surface area contributed by atoms with Gasteiger partial charge in [-0.05, 0) is 32.0 Å². The Morgan fingerprint density at radius 3 is 2.71 bits per heavy atom. The van der Waals surface area contributed by atoms with E-state index in [-0.39, 0.29) is 5.75 Å². The lowest BCUT2D eigenvalue weighted by atomic mass is 10.3. The fourth-order valence-electron chi connectivity index (χ4n) is 2.66. The highest BCUT2D eigenvalue weighted by atomic mass is 32.2. The summed E-state index contributed by atoms with van der Waals surface area (Å²) in [5.41, 5.74) is 6.57. The Kier molecular flexibility index (Phi) is 5.56. The predicted octanol–water partition coefficient (Wildman–Crippen LogP) is 2.26. The Morgan fingerprint density at radius 2 is 2.04 bits per heavy atom. The van der Waals surface area contributed by atoms with E-state index >= 15 is 0 Å². The maximum Gasteiger partial charge on any atom is 0.187 e. The Hall–Kier alpha value is -1.00. The number of anilines is 1. The molecule has 0 aliphatic carbocycles. The molecular weight excluding hydrogens is 366 g/mol. The number of rotatable bonds is 6. The first-order valence-electron chi connectivity index (χ1n) is 7.82. The van der Waals surface area contributed by atoms with Gasteiger partial charge in [-0.25, -0.2) is 13.4 Å². The molecule has 1 aliphatic heterocycles. The second kappa shape index (κ2) is 7.49. The number of sulfone groups is 1. The van der Waals surface area contributed by atoms with E-state index in [1.807, 2.05) is 13.0 Å². The summed E-state index contributed by atoms with van der Waals surface area (Å²) in [6.45, 7) is 5.92. The van der Waals surface area contributed by atoms with Gasteiger partial charge >= 0.3 is 0 Å². The van der Waals surface area contributed by atoms with Crippen LogP contribution in [0.2, 0.25) is 0 Å². The third kappa shape index (κ3) is 4.15. The first kappa shape index (κ1) is 17.8. The first-order chi connectivity index (χ1) is 11.5. The van der Waals surface area contributed by atoms with E-state index in [1.165, 1.54) is 22.7 Å². The van der Waals surface area contributed by atoms with Crippen LogP contribution in [0.3, 0.4) is 0 Å². The lowest BCUT2D eigenvalue weighted by molar-refractivity contribution is 0.0381. The minimum absolute atomic E-state index is 0.175. The van der Waals surface area contributed by atoms with Crippen molar-refractivity contribution in [1.82, 2.24) is 9.88 Å². The number of nitrogens with zero attached hydrogens (tertiary/aromatic N) is 2. The van der Waals surface area contributed by atoms with Gasteiger partial charge in [0, 0.05) is 18.0 Å². The van der Waals surface area contributed by atoms with Crippen LogP contribution in [-0.4, -0.2) is 56.9 Å². The van der Waals surface area contributed by atoms with E-state index in [2.05, 4.69) is 9.88 Å². The van der Waals surface area contributed by atoms with Crippen molar-refractivity contribution in [3.05, 3.63) is 17.8 Å². The molecule has 0 atom stereocenters. The second-order valence-electron chi connectivity index (χ2n) is 5.71. The highest BCUT2D eigenvalue weighted by molar-refractivity contribution is 7.93. The van der Waals surface area contributed by atoms with Crippen molar-refractivity contribution in [1.29, 1.82) is 0 Å². The molecule has 0 bridgehead atoms. The molecule has 2 aromatic heterocycles. The van der Waals surface area contributed by atoms with Gasteiger partial charge in [0.2, 0.25) is 0 Å². The van der Waals surface area contributed by atoms with Crippen LogP contribution in [0.5, 0.6) is 0 Å². The van der Waals surface area contributed by atoms with E-state index in [9.17, 15) is 8.42 Å². The van der Waals surface area contributed by atoms with Crippen molar-refractivity contribution in [3.8, 4) is 9.75 Å². The summed E-state index contributed by atoms with van der Waals surface area (Å²) in [5, 5.41) is 0.505. The summed E-state index contributed by atoms with van der Waals surface area (Å²) >= 11 is 2.69. The summed E-state index contributed by atoms with van der Waals surface area (Å²) in [6, 6.07) is 3.54. The number of ether oxygens (including phenoxy) is 1. The fourth-order valence-corrected chi connectivity index (χ4v) is 6.40. The molecule has 0 unspecified atom stereocenters. The molecule has 6 nitrogen and oxygen atoms in total. The third-order valence-electron chi connectivity index (χ3n) is 3.92. The zero-order valence-electron chi connectivity index (χ0n) is 13.5. The van der Waals surface area contributed by atoms with Crippen molar-refractivity contribution in [2.24, 2.45) is 0 Å². The number of nitrogen functional groups attached to an aromatic ring is 1. The number of thiazole rings is 1. The zero-order valence-corrected chi connectivity index (χ0v) is 16.0. The molecule has 3 heterocycles. The van der Waals surface area contributed by atoms with Gasteiger partial charge in [-0.2, -0.15) is 0 Å². The average Bonchev–Trinajstić information content (AvgIpc) is 3.15. The van der Waals surface area contributed by atoms with E-state index in [4.69, 9.17) is 10.5 Å². The van der Waals surface area contributed by atoms with Crippen LogP contribution in [0.4, 0.5) is 5.13 Å². The smallest absolute Gasteiger partial charge is 0.187 e. The molecule has 1 aliphatic rings. The van der Waals surface area contributed by atoms with E-state index in [0.29, 0.717) is 15.8 Å². The molecule has 3 rings (SSSR count). The summed E-state index contributed by atoms with van der Waals surface area (Å²) in [5.74, 6) is 0.175. The molecule has 132 valence electrons. The number of thiophene rings is 1. The minimum Gasteiger partial charge on any atom is -0.379 e. The van der Waals surface area contributed by atoms with E-state index in [1.54, 1.807) is 6.07 Å². The van der Waals surface area contributed by atoms with Crippen molar-refractivity contribution in [2.75, 3.05) is 44.3 Å². The monoisotopic (exact) mass is 387 g/mol. The van der Waals surface area contributed by atoms with Crippen LogP contribution in [0.25, 0.3) is 9.75 Å². The summed E-state index contributed by atoms with van der Waals surface area (Å²) < 4.78 is 30.8. The van der Waals surface area contributed by atoms with Gasteiger partial charge in [0.25, 0.3) is 0 Å². The molecule has 0 aromatic carbocycles. The van der Waals surface area contributed by atoms with Crippen LogP contribution in [0.15, 0.2) is 16.3 Å². The maximum atomic E-state index is 12.5. The van der Waals surface area contributed by atoms with Crippen LogP contribution >= 0.6 is 22.7 Å². The van der Waals surface area contributed by atoms with Crippen LogP contribution in [0.1, 0.15) is 12.1 Å². The van der Waals surface area contributed by atoms with Crippen molar-refractivity contribution >= 4 is 37.6 Å².